The van der Waals surface area contributed by atoms with Gasteiger partial charge >= 0.3 is 0 Å². The largest absolute Gasteiger partial charge is 0.486 e. The Labute approximate surface area is 196 Å². The second kappa shape index (κ2) is 9.62. The normalized spacial score (nSPS) is 12.7. The van der Waals surface area contributed by atoms with Gasteiger partial charge < -0.3 is 14.4 Å². The average molecular weight is 453 g/mol. The van der Waals surface area contributed by atoms with Crippen LogP contribution in [0.4, 0.5) is 5.69 Å². The van der Waals surface area contributed by atoms with Crippen LogP contribution in [0, 0.1) is 0 Å². The summed E-state index contributed by atoms with van der Waals surface area (Å²) in [6.07, 6.45) is 5.14. The summed E-state index contributed by atoms with van der Waals surface area (Å²) in [6, 6.07) is 22.6. The number of amides is 1. The molecule has 0 saturated heterocycles. The number of hydrogen-bond donors (Lipinski definition) is 0. The molecule has 5 rings (SSSR count). The van der Waals surface area contributed by atoms with E-state index in [1.807, 2.05) is 66.7 Å². The van der Waals surface area contributed by atoms with E-state index < -0.39 is 0 Å². The molecule has 4 aromatic rings. The Kier molecular flexibility index (Phi) is 6.07. The molecule has 1 aromatic heterocycles. The molecule has 3 aromatic carbocycles. The zero-order valence-corrected chi connectivity index (χ0v) is 18.5. The number of hydrogen-bond acceptors (Lipinski definition) is 5. The molecular formula is C27H23N3O4. The van der Waals surface area contributed by atoms with Crippen LogP contribution in [-0.4, -0.2) is 35.2 Å². The highest BCUT2D eigenvalue weighted by atomic mass is 16.6. The minimum absolute atomic E-state index is 0.116. The van der Waals surface area contributed by atoms with E-state index in [0.29, 0.717) is 48.0 Å². The van der Waals surface area contributed by atoms with Gasteiger partial charge in [-0.1, -0.05) is 54.6 Å². The van der Waals surface area contributed by atoms with Gasteiger partial charge in [0, 0.05) is 18.3 Å². The number of ether oxygens (including phenoxy) is 2. The van der Waals surface area contributed by atoms with Gasteiger partial charge in [0.25, 0.3) is 5.56 Å². The molecule has 170 valence electrons. The minimum atomic E-state index is -0.325. The van der Waals surface area contributed by atoms with Crippen LogP contribution in [0.15, 0.2) is 89.9 Å². The van der Waals surface area contributed by atoms with E-state index in [0.717, 1.165) is 5.56 Å². The van der Waals surface area contributed by atoms with Crippen LogP contribution in [0.5, 0.6) is 11.5 Å². The van der Waals surface area contributed by atoms with Gasteiger partial charge in [-0.05, 0) is 29.8 Å². The summed E-state index contributed by atoms with van der Waals surface area (Å²) < 4.78 is 12.8. The van der Waals surface area contributed by atoms with E-state index in [1.165, 1.54) is 10.8 Å². The quantitative estimate of drug-likeness (QED) is 0.443. The molecule has 0 atom stereocenters. The van der Waals surface area contributed by atoms with Gasteiger partial charge in [-0.2, -0.15) is 0 Å². The van der Waals surface area contributed by atoms with Gasteiger partial charge in [0.05, 0.1) is 17.2 Å². The SMILES string of the molecule is O=C(Cn1c(=O)cnc2ccccc21)N(CC=Cc1ccccc1)c1ccc2c(c1)OCCO2. The summed E-state index contributed by atoms with van der Waals surface area (Å²) in [7, 11) is 0. The summed E-state index contributed by atoms with van der Waals surface area (Å²) in [5.74, 6) is 1.02. The van der Waals surface area contributed by atoms with Crippen molar-refractivity contribution in [1.82, 2.24) is 9.55 Å². The highest BCUT2D eigenvalue weighted by Crippen LogP contribution is 2.34. The van der Waals surface area contributed by atoms with Crippen LogP contribution in [0.3, 0.4) is 0 Å². The molecule has 2 heterocycles. The first-order chi connectivity index (χ1) is 16.7. The molecule has 0 radical (unpaired) electrons. The van der Waals surface area contributed by atoms with Crippen LogP contribution >= 0.6 is 0 Å². The third-order valence-electron chi connectivity index (χ3n) is 5.58. The van der Waals surface area contributed by atoms with Crippen LogP contribution < -0.4 is 19.9 Å². The van der Waals surface area contributed by atoms with E-state index in [-0.39, 0.29) is 18.0 Å². The zero-order valence-electron chi connectivity index (χ0n) is 18.5. The second-order valence-corrected chi connectivity index (χ2v) is 7.82. The smallest absolute Gasteiger partial charge is 0.269 e. The molecule has 0 N–H and O–H groups in total. The first-order valence-corrected chi connectivity index (χ1v) is 11.1. The molecule has 0 unspecified atom stereocenters. The van der Waals surface area contributed by atoms with Crippen molar-refractivity contribution < 1.29 is 14.3 Å². The maximum Gasteiger partial charge on any atom is 0.269 e. The van der Waals surface area contributed by atoms with E-state index >= 15 is 0 Å². The fraction of sp³-hybridized carbons (Fsp3) is 0.148. The third-order valence-corrected chi connectivity index (χ3v) is 5.58. The Bertz CT molecular complexity index is 1410. The van der Waals surface area contributed by atoms with E-state index in [4.69, 9.17) is 9.47 Å². The fourth-order valence-corrected chi connectivity index (χ4v) is 3.91. The van der Waals surface area contributed by atoms with Crippen molar-refractivity contribution in [3.8, 4) is 11.5 Å². The summed E-state index contributed by atoms with van der Waals surface area (Å²) >= 11 is 0. The number of nitrogens with zero attached hydrogens (tertiary/aromatic N) is 3. The molecular weight excluding hydrogens is 430 g/mol. The number of carbonyl (C=O) groups is 1. The van der Waals surface area contributed by atoms with Gasteiger partial charge in [0.2, 0.25) is 5.91 Å². The van der Waals surface area contributed by atoms with Crippen LogP contribution in [0.1, 0.15) is 5.56 Å². The maximum absolute atomic E-state index is 13.6. The fourth-order valence-electron chi connectivity index (χ4n) is 3.91. The molecule has 7 heteroatoms. The molecule has 0 spiro atoms. The minimum Gasteiger partial charge on any atom is -0.486 e. The molecule has 0 bridgehead atoms. The molecule has 0 aliphatic carbocycles. The van der Waals surface area contributed by atoms with E-state index in [2.05, 4.69) is 4.98 Å². The number of benzene rings is 3. The van der Waals surface area contributed by atoms with Crippen molar-refractivity contribution in [2.75, 3.05) is 24.7 Å². The number of fused-ring (bicyclic) bond motifs is 2. The monoisotopic (exact) mass is 453 g/mol. The molecule has 1 aliphatic heterocycles. The van der Waals surface area contributed by atoms with Crippen molar-refractivity contribution in [2.45, 2.75) is 6.54 Å². The predicted octanol–water partition coefficient (Wildman–Crippen LogP) is 3.91. The maximum atomic E-state index is 13.6. The standard InChI is InChI=1S/C27H23N3O4/c31-26-18-28-22-10-4-5-11-23(22)30(26)19-27(32)29(14-6-9-20-7-2-1-3-8-20)21-12-13-24-25(17-21)34-16-15-33-24/h1-13,17-18H,14-16,19H2. The Morgan fingerprint density at radius 1 is 0.971 bits per heavy atom. The lowest BCUT2D eigenvalue weighted by Crippen LogP contribution is -2.37. The molecule has 34 heavy (non-hydrogen) atoms. The van der Waals surface area contributed by atoms with E-state index in [9.17, 15) is 9.59 Å². The van der Waals surface area contributed by atoms with Crippen molar-refractivity contribution in [3.63, 3.8) is 0 Å². The highest BCUT2D eigenvalue weighted by molar-refractivity contribution is 5.94. The van der Waals surface area contributed by atoms with Crippen molar-refractivity contribution in [3.05, 3.63) is 101 Å². The number of rotatable bonds is 6. The summed E-state index contributed by atoms with van der Waals surface area (Å²) in [6.45, 7) is 1.16. The topological polar surface area (TPSA) is 73.7 Å². The summed E-state index contributed by atoms with van der Waals surface area (Å²) in [5, 5.41) is 0. The number of aromatic nitrogens is 2. The van der Waals surface area contributed by atoms with Gasteiger partial charge in [-0.15, -0.1) is 0 Å². The van der Waals surface area contributed by atoms with Crippen LogP contribution in [0.2, 0.25) is 0 Å². The molecule has 1 aliphatic rings. The molecule has 7 nitrogen and oxygen atoms in total. The summed E-state index contributed by atoms with van der Waals surface area (Å²) in [4.78, 5) is 32.0. The highest BCUT2D eigenvalue weighted by Gasteiger charge is 2.20. The Morgan fingerprint density at radius 2 is 1.74 bits per heavy atom. The predicted molar refractivity (Wildman–Crippen MR) is 131 cm³/mol. The average Bonchev–Trinajstić information content (AvgIpc) is 2.88. The zero-order chi connectivity index (χ0) is 23.3. The molecule has 1 amide bonds. The van der Waals surface area contributed by atoms with Gasteiger partial charge in [-0.3, -0.25) is 14.2 Å². The Hall–Kier alpha value is -4.39. The number of carbonyl (C=O) groups excluding carboxylic acids is 1. The van der Waals surface area contributed by atoms with Crippen LogP contribution in [0.25, 0.3) is 17.1 Å². The van der Waals surface area contributed by atoms with Crippen LogP contribution in [-0.2, 0) is 11.3 Å². The third kappa shape index (κ3) is 4.54. The first-order valence-electron chi connectivity index (χ1n) is 11.1. The van der Waals surface area contributed by atoms with Gasteiger partial charge in [0.1, 0.15) is 19.8 Å². The Morgan fingerprint density at radius 3 is 2.59 bits per heavy atom. The lowest BCUT2D eigenvalue weighted by Gasteiger charge is -2.25. The number of para-hydroxylation sites is 2. The van der Waals surface area contributed by atoms with Gasteiger partial charge in [0.15, 0.2) is 11.5 Å². The van der Waals surface area contributed by atoms with Crippen molar-refractivity contribution >= 4 is 28.7 Å². The lowest BCUT2D eigenvalue weighted by molar-refractivity contribution is -0.119. The van der Waals surface area contributed by atoms with Gasteiger partial charge in [-0.25, -0.2) is 4.98 Å². The number of anilines is 1. The molecule has 0 fully saturated rings. The lowest BCUT2D eigenvalue weighted by atomic mass is 10.2. The van der Waals surface area contributed by atoms with Crippen molar-refractivity contribution in [1.29, 1.82) is 0 Å². The Balaban J connectivity index is 1.48. The van der Waals surface area contributed by atoms with Crippen molar-refractivity contribution in [2.24, 2.45) is 0 Å². The second-order valence-electron chi connectivity index (χ2n) is 7.82. The first kappa shape index (κ1) is 21.5. The molecule has 0 saturated carbocycles. The summed E-state index contributed by atoms with van der Waals surface area (Å²) in [5.41, 5.74) is 2.65. The van der Waals surface area contributed by atoms with E-state index in [1.54, 1.807) is 23.1 Å².